The first kappa shape index (κ1) is 15.2. The van der Waals surface area contributed by atoms with Crippen molar-refractivity contribution in [2.45, 2.75) is 31.9 Å². The highest BCUT2D eigenvalue weighted by molar-refractivity contribution is 6.00. The molecule has 2 N–H and O–H groups in total. The summed E-state index contributed by atoms with van der Waals surface area (Å²) in [5, 5.41) is 16.7. The standard InChI is InChI=1S/C14H19N3O4/c1-9-14(2,6-7-21-9)16-13(18)11-8-10(17(19)20)4-5-12(11)15-3/h4-5,8-9,15H,6-7H2,1-3H3,(H,16,18). The van der Waals surface area contributed by atoms with Gasteiger partial charge >= 0.3 is 0 Å². The summed E-state index contributed by atoms with van der Waals surface area (Å²) in [5.74, 6) is -0.345. The number of benzene rings is 1. The number of nitro groups is 1. The molecular formula is C14H19N3O4. The smallest absolute Gasteiger partial charge is 0.270 e. The van der Waals surface area contributed by atoms with Crippen molar-refractivity contribution in [3.05, 3.63) is 33.9 Å². The zero-order valence-corrected chi connectivity index (χ0v) is 12.3. The number of carbonyl (C=O) groups excluding carboxylic acids is 1. The number of hydrogen-bond donors (Lipinski definition) is 2. The van der Waals surface area contributed by atoms with Crippen LogP contribution >= 0.6 is 0 Å². The summed E-state index contributed by atoms with van der Waals surface area (Å²) in [4.78, 5) is 22.8. The van der Waals surface area contributed by atoms with E-state index in [2.05, 4.69) is 10.6 Å². The summed E-state index contributed by atoms with van der Waals surface area (Å²) in [6, 6.07) is 4.18. The molecule has 1 aromatic rings. The highest BCUT2D eigenvalue weighted by atomic mass is 16.6. The lowest BCUT2D eigenvalue weighted by Gasteiger charge is -2.29. The lowest BCUT2D eigenvalue weighted by Crippen LogP contribution is -2.50. The third-order valence-electron chi connectivity index (χ3n) is 4.01. The Balaban J connectivity index is 2.29. The van der Waals surface area contributed by atoms with Gasteiger partial charge < -0.3 is 15.4 Å². The van der Waals surface area contributed by atoms with Crippen LogP contribution in [0.5, 0.6) is 0 Å². The third-order valence-corrected chi connectivity index (χ3v) is 4.01. The second kappa shape index (κ2) is 5.69. The fourth-order valence-corrected chi connectivity index (χ4v) is 2.38. The summed E-state index contributed by atoms with van der Waals surface area (Å²) in [6.07, 6.45) is 0.613. The van der Waals surface area contributed by atoms with Crippen molar-refractivity contribution in [2.24, 2.45) is 0 Å². The second-order valence-electron chi connectivity index (χ2n) is 5.37. The maximum Gasteiger partial charge on any atom is 0.270 e. The Labute approximate surface area is 122 Å². The van der Waals surface area contributed by atoms with E-state index in [0.717, 1.165) is 0 Å². The molecule has 0 radical (unpaired) electrons. The van der Waals surface area contributed by atoms with Crippen LogP contribution in [0.1, 0.15) is 30.6 Å². The van der Waals surface area contributed by atoms with Gasteiger partial charge in [0.25, 0.3) is 11.6 Å². The first-order valence-corrected chi connectivity index (χ1v) is 6.77. The molecule has 2 atom stereocenters. The summed E-state index contributed by atoms with van der Waals surface area (Å²) in [6.45, 7) is 4.41. The van der Waals surface area contributed by atoms with Gasteiger partial charge in [-0.15, -0.1) is 0 Å². The topological polar surface area (TPSA) is 93.5 Å². The van der Waals surface area contributed by atoms with Gasteiger partial charge in [-0.25, -0.2) is 0 Å². The lowest BCUT2D eigenvalue weighted by molar-refractivity contribution is -0.384. The van der Waals surface area contributed by atoms with Crippen LogP contribution in [0.3, 0.4) is 0 Å². The summed E-state index contributed by atoms with van der Waals surface area (Å²) in [7, 11) is 1.67. The number of nitrogens with one attached hydrogen (secondary N) is 2. The van der Waals surface area contributed by atoms with Crippen LogP contribution < -0.4 is 10.6 Å². The molecule has 7 heteroatoms. The van der Waals surface area contributed by atoms with Crippen LogP contribution in [-0.4, -0.2) is 36.1 Å². The molecule has 1 saturated heterocycles. The fourth-order valence-electron chi connectivity index (χ4n) is 2.38. The number of non-ortho nitro benzene ring substituents is 1. The minimum Gasteiger partial charge on any atom is -0.387 e. The minimum absolute atomic E-state index is 0.0989. The maximum absolute atomic E-state index is 12.5. The molecule has 0 saturated carbocycles. The number of amides is 1. The molecule has 2 rings (SSSR count). The van der Waals surface area contributed by atoms with Gasteiger partial charge in [0.1, 0.15) is 0 Å². The van der Waals surface area contributed by atoms with Crippen molar-refractivity contribution in [1.82, 2.24) is 5.32 Å². The van der Waals surface area contributed by atoms with Gasteiger partial charge in [-0.05, 0) is 26.3 Å². The Bertz CT molecular complexity index is 575. The van der Waals surface area contributed by atoms with E-state index in [1.54, 1.807) is 7.05 Å². The number of anilines is 1. The Hall–Kier alpha value is -2.15. The molecule has 1 heterocycles. The SMILES string of the molecule is CNc1ccc([N+](=O)[O-])cc1C(=O)NC1(C)CCOC1C. The van der Waals surface area contributed by atoms with Crippen molar-refractivity contribution < 1.29 is 14.5 Å². The second-order valence-corrected chi connectivity index (χ2v) is 5.37. The summed E-state index contributed by atoms with van der Waals surface area (Å²) >= 11 is 0. The fraction of sp³-hybridized carbons (Fsp3) is 0.500. The molecule has 7 nitrogen and oxygen atoms in total. The molecule has 0 aliphatic carbocycles. The predicted molar refractivity (Wildman–Crippen MR) is 78.5 cm³/mol. The van der Waals surface area contributed by atoms with Crippen molar-refractivity contribution in [3.63, 3.8) is 0 Å². The van der Waals surface area contributed by atoms with Gasteiger partial charge in [0, 0.05) is 31.5 Å². The van der Waals surface area contributed by atoms with E-state index in [0.29, 0.717) is 18.7 Å². The molecule has 114 valence electrons. The maximum atomic E-state index is 12.5. The van der Waals surface area contributed by atoms with Crippen molar-refractivity contribution >= 4 is 17.3 Å². The molecule has 0 bridgehead atoms. The number of nitrogens with zero attached hydrogens (tertiary/aromatic N) is 1. The van der Waals surface area contributed by atoms with Crippen LogP contribution in [0.25, 0.3) is 0 Å². The molecule has 0 aromatic heterocycles. The summed E-state index contributed by atoms with van der Waals surface area (Å²) in [5.41, 5.74) is 0.229. The number of nitro benzene ring substituents is 1. The highest BCUT2D eigenvalue weighted by Gasteiger charge is 2.38. The van der Waals surface area contributed by atoms with E-state index in [1.165, 1.54) is 18.2 Å². The average molecular weight is 293 g/mol. The Morgan fingerprint density at radius 1 is 1.52 bits per heavy atom. The molecule has 1 amide bonds. The molecule has 2 unspecified atom stereocenters. The quantitative estimate of drug-likeness (QED) is 0.653. The van der Waals surface area contributed by atoms with E-state index < -0.39 is 10.5 Å². The van der Waals surface area contributed by atoms with Crippen molar-refractivity contribution in [1.29, 1.82) is 0 Å². The molecule has 1 aliphatic heterocycles. The van der Waals surface area contributed by atoms with E-state index >= 15 is 0 Å². The normalized spacial score (nSPS) is 24.6. The van der Waals surface area contributed by atoms with Crippen LogP contribution in [0.4, 0.5) is 11.4 Å². The van der Waals surface area contributed by atoms with Gasteiger partial charge in [-0.2, -0.15) is 0 Å². The largest absolute Gasteiger partial charge is 0.387 e. The monoisotopic (exact) mass is 293 g/mol. The molecule has 1 fully saturated rings. The molecule has 1 aliphatic rings. The Morgan fingerprint density at radius 3 is 2.76 bits per heavy atom. The Morgan fingerprint density at radius 2 is 2.24 bits per heavy atom. The van der Waals surface area contributed by atoms with Crippen molar-refractivity contribution in [3.8, 4) is 0 Å². The zero-order chi connectivity index (χ0) is 15.6. The number of rotatable bonds is 4. The van der Waals surface area contributed by atoms with Crippen LogP contribution in [0.2, 0.25) is 0 Å². The number of hydrogen-bond acceptors (Lipinski definition) is 5. The number of ether oxygens (including phenoxy) is 1. The summed E-state index contributed by atoms with van der Waals surface area (Å²) < 4.78 is 5.49. The van der Waals surface area contributed by atoms with Crippen LogP contribution in [0, 0.1) is 10.1 Å². The third kappa shape index (κ3) is 2.97. The molecular weight excluding hydrogens is 274 g/mol. The number of carbonyl (C=O) groups is 1. The first-order chi connectivity index (χ1) is 9.87. The average Bonchev–Trinajstić information content (AvgIpc) is 2.77. The van der Waals surface area contributed by atoms with Gasteiger partial charge in [-0.1, -0.05) is 0 Å². The minimum atomic E-state index is -0.515. The van der Waals surface area contributed by atoms with Gasteiger partial charge in [0.05, 0.1) is 22.1 Å². The predicted octanol–water partition coefficient (Wildman–Crippen LogP) is 1.93. The Kier molecular flexibility index (Phi) is 4.13. The van der Waals surface area contributed by atoms with Gasteiger partial charge in [0.2, 0.25) is 0 Å². The van der Waals surface area contributed by atoms with E-state index in [-0.39, 0.29) is 23.3 Å². The van der Waals surface area contributed by atoms with E-state index in [1.807, 2.05) is 13.8 Å². The van der Waals surface area contributed by atoms with E-state index in [9.17, 15) is 14.9 Å². The van der Waals surface area contributed by atoms with E-state index in [4.69, 9.17) is 4.74 Å². The van der Waals surface area contributed by atoms with Crippen LogP contribution in [-0.2, 0) is 4.74 Å². The van der Waals surface area contributed by atoms with Gasteiger partial charge in [-0.3, -0.25) is 14.9 Å². The lowest BCUT2D eigenvalue weighted by atomic mass is 9.94. The highest BCUT2D eigenvalue weighted by Crippen LogP contribution is 2.27. The first-order valence-electron chi connectivity index (χ1n) is 6.77. The van der Waals surface area contributed by atoms with Crippen molar-refractivity contribution in [2.75, 3.05) is 19.0 Å². The molecule has 0 spiro atoms. The van der Waals surface area contributed by atoms with Crippen LogP contribution in [0.15, 0.2) is 18.2 Å². The van der Waals surface area contributed by atoms with Gasteiger partial charge in [0.15, 0.2) is 0 Å². The zero-order valence-electron chi connectivity index (χ0n) is 12.3. The molecule has 1 aromatic carbocycles. The molecule has 21 heavy (non-hydrogen) atoms.